The van der Waals surface area contributed by atoms with Crippen molar-refractivity contribution in [3.63, 3.8) is 0 Å². The number of hydrogen-bond donors (Lipinski definition) is 1. The first kappa shape index (κ1) is 13.0. The maximum Gasteiger partial charge on any atom is -0.00161 e. The van der Waals surface area contributed by atoms with Crippen molar-refractivity contribution < 1.29 is 0 Å². The molecule has 1 aliphatic rings. The Bertz CT molecular complexity index is 137. The third kappa shape index (κ3) is 5.53. The number of nitrogens with two attached hydrogens (primary N) is 1. The second-order valence-electron chi connectivity index (χ2n) is 4.92. The topological polar surface area (TPSA) is 29.3 Å². The van der Waals surface area contributed by atoms with Crippen molar-refractivity contribution in [2.45, 2.75) is 51.9 Å². The predicted molar refractivity (Wildman–Crippen MR) is 67.0 cm³/mol. The number of likely N-dealkylation sites (tertiary alicyclic amines) is 1. The highest BCUT2D eigenvalue weighted by Gasteiger charge is 2.17. The molecule has 1 rings (SSSR count). The second-order valence-corrected chi connectivity index (χ2v) is 4.92. The van der Waals surface area contributed by atoms with Crippen LogP contribution in [0.3, 0.4) is 0 Å². The van der Waals surface area contributed by atoms with Crippen LogP contribution in [0.1, 0.15) is 51.9 Å². The van der Waals surface area contributed by atoms with Gasteiger partial charge in [0.15, 0.2) is 0 Å². The third-order valence-electron chi connectivity index (χ3n) is 3.61. The van der Waals surface area contributed by atoms with Crippen molar-refractivity contribution in [1.82, 2.24) is 4.90 Å². The molecule has 0 aromatic rings. The van der Waals surface area contributed by atoms with Gasteiger partial charge in [-0.2, -0.15) is 0 Å². The summed E-state index contributed by atoms with van der Waals surface area (Å²) in [5.41, 5.74) is 5.59. The number of unbranched alkanes of at least 4 members (excludes halogenated alkanes) is 3. The van der Waals surface area contributed by atoms with Gasteiger partial charge in [0.1, 0.15) is 0 Å². The Kier molecular flexibility index (Phi) is 7.03. The number of piperidine rings is 1. The zero-order chi connectivity index (χ0) is 10.9. The van der Waals surface area contributed by atoms with Crippen LogP contribution < -0.4 is 5.73 Å². The summed E-state index contributed by atoms with van der Waals surface area (Å²) >= 11 is 0. The summed E-state index contributed by atoms with van der Waals surface area (Å²) in [6.07, 6.45) is 9.57. The minimum absolute atomic E-state index is 0.876. The summed E-state index contributed by atoms with van der Waals surface area (Å²) in [5, 5.41) is 0. The number of nitrogens with zero attached hydrogens (tertiary/aromatic N) is 1. The molecular formula is C13H28N2. The van der Waals surface area contributed by atoms with Gasteiger partial charge in [0, 0.05) is 0 Å². The fourth-order valence-electron chi connectivity index (χ4n) is 2.50. The Balaban J connectivity index is 1.99. The molecule has 0 bridgehead atoms. The van der Waals surface area contributed by atoms with Gasteiger partial charge in [-0.1, -0.05) is 26.2 Å². The van der Waals surface area contributed by atoms with Crippen LogP contribution in [0.5, 0.6) is 0 Å². The highest BCUT2D eigenvalue weighted by molar-refractivity contribution is 4.72. The molecule has 0 amide bonds. The van der Waals surface area contributed by atoms with Crippen LogP contribution in [-0.4, -0.2) is 31.1 Å². The largest absolute Gasteiger partial charge is 0.330 e. The van der Waals surface area contributed by atoms with Gasteiger partial charge in [-0.05, 0) is 57.8 Å². The zero-order valence-corrected chi connectivity index (χ0v) is 10.4. The molecule has 1 saturated heterocycles. The van der Waals surface area contributed by atoms with Crippen LogP contribution in [0.4, 0.5) is 0 Å². The smallest absolute Gasteiger partial charge is 0.00161 e. The molecule has 0 radical (unpaired) electrons. The molecule has 1 aliphatic heterocycles. The first-order valence-corrected chi connectivity index (χ1v) is 6.79. The van der Waals surface area contributed by atoms with E-state index in [2.05, 4.69) is 11.8 Å². The zero-order valence-electron chi connectivity index (χ0n) is 10.4. The summed E-state index contributed by atoms with van der Waals surface area (Å²) in [4.78, 5) is 2.64. The monoisotopic (exact) mass is 212 g/mol. The fourth-order valence-corrected chi connectivity index (χ4v) is 2.50. The Morgan fingerprint density at radius 3 is 2.47 bits per heavy atom. The van der Waals surface area contributed by atoms with Crippen molar-refractivity contribution in [1.29, 1.82) is 0 Å². The quantitative estimate of drug-likeness (QED) is 0.657. The first-order chi connectivity index (χ1) is 7.36. The molecule has 2 N–H and O–H groups in total. The van der Waals surface area contributed by atoms with Crippen LogP contribution in [0, 0.1) is 5.92 Å². The lowest BCUT2D eigenvalue weighted by molar-refractivity contribution is 0.177. The summed E-state index contributed by atoms with van der Waals surface area (Å²) < 4.78 is 0. The van der Waals surface area contributed by atoms with E-state index < -0.39 is 0 Å². The normalized spacial score (nSPS) is 19.6. The van der Waals surface area contributed by atoms with Crippen LogP contribution in [-0.2, 0) is 0 Å². The first-order valence-electron chi connectivity index (χ1n) is 6.79. The lowest BCUT2D eigenvalue weighted by Crippen LogP contribution is -2.34. The maximum atomic E-state index is 5.59. The van der Waals surface area contributed by atoms with Gasteiger partial charge >= 0.3 is 0 Å². The third-order valence-corrected chi connectivity index (χ3v) is 3.61. The van der Waals surface area contributed by atoms with E-state index in [1.54, 1.807) is 0 Å². The van der Waals surface area contributed by atoms with Crippen molar-refractivity contribution in [3.8, 4) is 0 Å². The predicted octanol–water partition coefficient (Wildman–Crippen LogP) is 2.63. The molecule has 0 aliphatic carbocycles. The fraction of sp³-hybridized carbons (Fsp3) is 1.00. The molecule has 0 unspecified atom stereocenters. The van der Waals surface area contributed by atoms with E-state index in [4.69, 9.17) is 5.73 Å². The molecule has 0 spiro atoms. The lowest BCUT2D eigenvalue weighted by Gasteiger charge is -2.31. The van der Waals surface area contributed by atoms with Crippen LogP contribution in [0.2, 0.25) is 0 Å². The second kappa shape index (κ2) is 8.12. The molecule has 0 atom stereocenters. The van der Waals surface area contributed by atoms with E-state index in [-0.39, 0.29) is 0 Å². The highest BCUT2D eigenvalue weighted by atomic mass is 15.1. The van der Waals surface area contributed by atoms with E-state index in [0.717, 1.165) is 12.5 Å². The lowest BCUT2D eigenvalue weighted by atomic mass is 9.93. The van der Waals surface area contributed by atoms with Crippen molar-refractivity contribution in [2.24, 2.45) is 11.7 Å². The Labute approximate surface area is 95.2 Å². The van der Waals surface area contributed by atoms with Gasteiger partial charge in [-0.25, -0.2) is 0 Å². The standard InChI is InChI=1S/C13H28N2/c1-2-3-4-5-10-15-11-7-13(6-9-14)8-12-15/h13H,2-12,14H2,1H3. The summed E-state index contributed by atoms with van der Waals surface area (Å²) in [6.45, 7) is 7.11. The molecule has 1 fully saturated rings. The molecule has 0 aromatic carbocycles. The van der Waals surface area contributed by atoms with Gasteiger partial charge in [0.2, 0.25) is 0 Å². The van der Waals surface area contributed by atoms with E-state index >= 15 is 0 Å². The maximum absolute atomic E-state index is 5.59. The summed E-state index contributed by atoms with van der Waals surface area (Å²) in [5.74, 6) is 0.918. The van der Waals surface area contributed by atoms with Gasteiger partial charge in [-0.15, -0.1) is 0 Å². The molecular weight excluding hydrogens is 184 g/mol. The molecule has 0 saturated carbocycles. The van der Waals surface area contributed by atoms with E-state index in [1.165, 1.54) is 64.6 Å². The van der Waals surface area contributed by atoms with Crippen molar-refractivity contribution in [2.75, 3.05) is 26.2 Å². The minimum atomic E-state index is 0.876. The Morgan fingerprint density at radius 2 is 1.87 bits per heavy atom. The molecule has 15 heavy (non-hydrogen) atoms. The Morgan fingerprint density at radius 1 is 1.13 bits per heavy atom. The Hall–Kier alpha value is -0.0800. The summed E-state index contributed by atoms with van der Waals surface area (Å²) in [7, 11) is 0. The van der Waals surface area contributed by atoms with Gasteiger partial charge < -0.3 is 10.6 Å². The van der Waals surface area contributed by atoms with E-state index in [0.29, 0.717) is 0 Å². The molecule has 90 valence electrons. The van der Waals surface area contributed by atoms with Crippen LogP contribution in [0.25, 0.3) is 0 Å². The van der Waals surface area contributed by atoms with Gasteiger partial charge in [0.05, 0.1) is 0 Å². The van der Waals surface area contributed by atoms with Crippen LogP contribution >= 0.6 is 0 Å². The molecule has 0 aromatic heterocycles. The average Bonchev–Trinajstić information content (AvgIpc) is 2.27. The SMILES string of the molecule is CCCCCCN1CCC(CCN)CC1. The van der Waals surface area contributed by atoms with E-state index in [1.807, 2.05) is 0 Å². The molecule has 1 heterocycles. The van der Waals surface area contributed by atoms with Crippen LogP contribution in [0.15, 0.2) is 0 Å². The highest BCUT2D eigenvalue weighted by Crippen LogP contribution is 2.20. The molecule has 2 nitrogen and oxygen atoms in total. The minimum Gasteiger partial charge on any atom is -0.330 e. The van der Waals surface area contributed by atoms with Gasteiger partial charge in [0.25, 0.3) is 0 Å². The van der Waals surface area contributed by atoms with Crippen molar-refractivity contribution >= 4 is 0 Å². The van der Waals surface area contributed by atoms with E-state index in [9.17, 15) is 0 Å². The van der Waals surface area contributed by atoms with Crippen molar-refractivity contribution in [3.05, 3.63) is 0 Å². The van der Waals surface area contributed by atoms with Gasteiger partial charge in [-0.3, -0.25) is 0 Å². The number of rotatable bonds is 7. The molecule has 2 heteroatoms. The average molecular weight is 212 g/mol. The summed E-state index contributed by atoms with van der Waals surface area (Å²) in [6, 6.07) is 0. The number of hydrogen-bond acceptors (Lipinski definition) is 2.